The van der Waals surface area contributed by atoms with E-state index in [1.165, 1.54) is 59.9 Å². The molecule has 0 aliphatic rings. The Morgan fingerprint density at radius 3 is 1.77 bits per heavy atom. The molecule has 0 bridgehead atoms. The second-order valence-electron chi connectivity index (χ2n) is 14.6. The van der Waals surface area contributed by atoms with Gasteiger partial charge in [-0.1, -0.05) is 140 Å². The summed E-state index contributed by atoms with van der Waals surface area (Å²) in [7, 11) is 0. The molecule has 0 aliphatic carbocycles. The number of fused-ring (bicyclic) bond motifs is 10. The zero-order valence-corrected chi connectivity index (χ0v) is 30.3. The lowest BCUT2D eigenvalue weighted by molar-refractivity contribution is 1.01. The van der Waals surface area contributed by atoms with Gasteiger partial charge in [0.2, 0.25) is 5.95 Å². The Labute approximate surface area is 322 Å². The summed E-state index contributed by atoms with van der Waals surface area (Å²) in [5.41, 5.74) is 11.0. The summed E-state index contributed by atoms with van der Waals surface area (Å²) in [5.74, 6) is 0.659. The first-order chi connectivity index (χ1) is 27.8. The van der Waals surface area contributed by atoms with E-state index >= 15 is 0 Å². The molecule has 9 aromatic carbocycles. The lowest BCUT2D eigenvalue weighted by Crippen LogP contribution is -2.03. The predicted molar refractivity (Wildman–Crippen MR) is 234 cm³/mol. The minimum absolute atomic E-state index is 0.659. The topological polar surface area (TPSA) is 35.6 Å². The van der Waals surface area contributed by atoms with Crippen LogP contribution in [0.2, 0.25) is 0 Å². The van der Waals surface area contributed by atoms with Crippen LogP contribution in [0.5, 0.6) is 0 Å². The molecule has 4 nitrogen and oxygen atoms in total. The van der Waals surface area contributed by atoms with Crippen LogP contribution in [0.3, 0.4) is 0 Å². The fourth-order valence-electron chi connectivity index (χ4n) is 8.98. The van der Waals surface area contributed by atoms with E-state index in [4.69, 9.17) is 9.97 Å². The molecule has 0 radical (unpaired) electrons. The van der Waals surface area contributed by atoms with Crippen molar-refractivity contribution < 1.29 is 0 Å². The molecule has 0 aliphatic heterocycles. The van der Waals surface area contributed by atoms with Crippen molar-refractivity contribution in [3.05, 3.63) is 194 Å². The van der Waals surface area contributed by atoms with Gasteiger partial charge < -0.3 is 4.57 Å². The minimum Gasteiger partial charge on any atom is -0.309 e. The van der Waals surface area contributed by atoms with Gasteiger partial charge in [-0.3, -0.25) is 4.57 Å². The third-order valence-electron chi connectivity index (χ3n) is 11.5. The van der Waals surface area contributed by atoms with E-state index in [0.29, 0.717) is 5.95 Å². The third kappa shape index (κ3) is 4.53. The van der Waals surface area contributed by atoms with Crippen molar-refractivity contribution in [1.82, 2.24) is 19.1 Å². The zero-order valence-electron chi connectivity index (χ0n) is 30.3. The number of rotatable bonds is 4. The average Bonchev–Trinajstić information content (AvgIpc) is 3.78. The molecule has 3 heterocycles. The van der Waals surface area contributed by atoms with Crippen molar-refractivity contribution in [3.8, 4) is 34.0 Å². The molecule has 0 saturated carbocycles. The maximum atomic E-state index is 5.38. The molecule has 12 rings (SSSR count). The molecule has 3 aromatic heterocycles. The molecule has 0 amide bonds. The van der Waals surface area contributed by atoms with Crippen molar-refractivity contribution in [2.45, 2.75) is 0 Å². The molecule has 260 valence electrons. The van der Waals surface area contributed by atoms with Crippen LogP contribution in [0.4, 0.5) is 0 Å². The Balaban J connectivity index is 1.11. The maximum absolute atomic E-state index is 5.38. The molecular formula is C52H32N4. The minimum atomic E-state index is 0.659. The van der Waals surface area contributed by atoms with Gasteiger partial charge in [0.15, 0.2) is 0 Å². The predicted octanol–water partition coefficient (Wildman–Crippen LogP) is 13.5. The van der Waals surface area contributed by atoms with Crippen molar-refractivity contribution in [1.29, 1.82) is 0 Å². The van der Waals surface area contributed by atoms with E-state index in [-0.39, 0.29) is 0 Å². The van der Waals surface area contributed by atoms with Crippen LogP contribution in [0.25, 0.3) is 110 Å². The average molecular weight is 713 g/mol. The van der Waals surface area contributed by atoms with Gasteiger partial charge in [0.05, 0.1) is 33.3 Å². The Bertz CT molecular complexity index is 3540. The molecule has 56 heavy (non-hydrogen) atoms. The van der Waals surface area contributed by atoms with Gasteiger partial charge >= 0.3 is 0 Å². The lowest BCUT2D eigenvalue weighted by atomic mass is 9.94. The Morgan fingerprint density at radius 2 is 0.946 bits per heavy atom. The van der Waals surface area contributed by atoms with Crippen LogP contribution in [0.1, 0.15) is 0 Å². The van der Waals surface area contributed by atoms with Gasteiger partial charge in [0.25, 0.3) is 0 Å². The fourth-order valence-corrected chi connectivity index (χ4v) is 8.98. The molecule has 0 saturated heterocycles. The van der Waals surface area contributed by atoms with E-state index < -0.39 is 0 Å². The highest BCUT2D eigenvalue weighted by Gasteiger charge is 2.21. The quantitative estimate of drug-likeness (QED) is 0.182. The summed E-state index contributed by atoms with van der Waals surface area (Å²) in [6.45, 7) is 0. The standard InChI is InChI=1S/C52H32N4/c1-2-16-37(17-3-1)55-47-24-12-10-20-40(47)45-32-43(38-18-6-7-21-41(38)51(45)55)35-28-29-49-44(31-35)39-19-9-13-25-48(39)56(49)52-53-46-23-11-8-22-42(46)50(54-52)36-27-26-33-14-4-5-15-34(33)30-36/h1-32H. The lowest BCUT2D eigenvalue weighted by Gasteiger charge is -2.13. The van der Waals surface area contributed by atoms with Gasteiger partial charge in [0, 0.05) is 43.6 Å². The molecule has 0 unspecified atom stereocenters. The van der Waals surface area contributed by atoms with Gasteiger partial charge in [-0.05, 0) is 81.9 Å². The molecule has 4 heteroatoms. The normalized spacial score (nSPS) is 11.9. The Morgan fingerprint density at radius 1 is 0.339 bits per heavy atom. The first-order valence-corrected chi connectivity index (χ1v) is 19.1. The molecule has 12 aromatic rings. The number of nitrogens with zero attached hydrogens (tertiary/aromatic N) is 4. The second kappa shape index (κ2) is 12.0. The maximum Gasteiger partial charge on any atom is 0.235 e. The highest BCUT2D eigenvalue weighted by Crippen LogP contribution is 2.43. The summed E-state index contributed by atoms with van der Waals surface area (Å²) in [6.07, 6.45) is 0. The largest absolute Gasteiger partial charge is 0.309 e. The van der Waals surface area contributed by atoms with E-state index in [1.807, 2.05) is 0 Å². The monoisotopic (exact) mass is 712 g/mol. The Hall–Kier alpha value is -7.56. The van der Waals surface area contributed by atoms with Crippen LogP contribution < -0.4 is 0 Å². The first-order valence-electron chi connectivity index (χ1n) is 19.1. The number of hydrogen-bond donors (Lipinski definition) is 0. The Kier molecular flexibility index (Phi) is 6.60. The van der Waals surface area contributed by atoms with Gasteiger partial charge in [-0.25, -0.2) is 9.97 Å². The SMILES string of the molecule is c1ccc(-n2c3ccccc3c3cc(-c4ccc5c(c4)c4ccccc4n5-c4nc(-c5ccc6ccccc6c5)c5ccccc5n4)c4ccccc4c32)cc1. The van der Waals surface area contributed by atoms with Crippen molar-refractivity contribution in [2.75, 3.05) is 0 Å². The van der Waals surface area contributed by atoms with Gasteiger partial charge in [-0.15, -0.1) is 0 Å². The zero-order chi connectivity index (χ0) is 36.7. The van der Waals surface area contributed by atoms with Crippen molar-refractivity contribution >= 4 is 76.1 Å². The van der Waals surface area contributed by atoms with Crippen LogP contribution >= 0.6 is 0 Å². The fraction of sp³-hybridized carbons (Fsp3) is 0. The molecule has 0 spiro atoms. The van der Waals surface area contributed by atoms with Crippen molar-refractivity contribution in [3.63, 3.8) is 0 Å². The van der Waals surface area contributed by atoms with Gasteiger partial charge in [-0.2, -0.15) is 0 Å². The number of para-hydroxylation sites is 4. The van der Waals surface area contributed by atoms with E-state index in [9.17, 15) is 0 Å². The second-order valence-corrected chi connectivity index (χ2v) is 14.6. The summed E-state index contributed by atoms with van der Waals surface area (Å²) in [6, 6.07) is 69.7. The molecule has 0 N–H and O–H groups in total. The first kappa shape index (κ1) is 30.9. The van der Waals surface area contributed by atoms with Gasteiger partial charge in [0.1, 0.15) is 0 Å². The van der Waals surface area contributed by atoms with E-state index in [2.05, 4.69) is 203 Å². The summed E-state index contributed by atoms with van der Waals surface area (Å²) in [5, 5.41) is 10.7. The van der Waals surface area contributed by atoms with E-state index in [1.54, 1.807) is 0 Å². The number of hydrogen-bond acceptors (Lipinski definition) is 2. The van der Waals surface area contributed by atoms with Crippen LogP contribution in [0.15, 0.2) is 194 Å². The van der Waals surface area contributed by atoms with Crippen LogP contribution in [0, 0.1) is 0 Å². The summed E-state index contributed by atoms with van der Waals surface area (Å²) in [4.78, 5) is 10.6. The highest BCUT2D eigenvalue weighted by molar-refractivity contribution is 6.22. The molecular weight excluding hydrogens is 681 g/mol. The smallest absolute Gasteiger partial charge is 0.235 e. The summed E-state index contributed by atoms with van der Waals surface area (Å²) >= 11 is 0. The third-order valence-corrected chi connectivity index (χ3v) is 11.5. The van der Waals surface area contributed by atoms with E-state index in [0.717, 1.165) is 44.3 Å². The summed E-state index contributed by atoms with van der Waals surface area (Å²) < 4.78 is 4.66. The van der Waals surface area contributed by atoms with Crippen LogP contribution in [-0.4, -0.2) is 19.1 Å². The number of aromatic nitrogens is 4. The molecule has 0 atom stereocenters. The number of benzene rings is 9. The molecule has 0 fully saturated rings. The highest BCUT2D eigenvalue weighted by atomic mass is 15.2. The van der Waals surface area contributed by atoms with Crippen molar-refractivity contribution in [2.24, 2.45) is 0 Å². The van der Waals surface area contributed by atoms with Crippen LogP contribution in [-0.2, 0) is 0 Å².